The quantitative estimate of drug-likeness (QED) is 0.647. The molecule has 2 rings (SSSR count). The third-order valence-corrected chi connectivity index (χ3v) is 4.04. The molecule has 0 bridgehead atoms. The topological polar surface area (TPSA) is 95.7 Å². The lowest BCUT2D eigenvalue weighted by molar-refractivity contribution is -0.385. The minimum atomic E-state index is -0.555. The molecule has 2 unspecified atom stereocenters. The van der Waals surface area contributed by atoms with Gasteiger partial charge in [-0.3, -0.25) is 14.9 Å². The number of hydrogen-bond donors (Lipinski definition) is 2. The van der Waals surface area contributed by atoms with Gasteiger partial charge in [-0.05, 0) is 24.5 Å². The van der Waals surface area contributed by atoms with E-state index < -0.39 is 10.8 Å². The fourth-order valence-corrected chi connectivity index (χ4v) is 2.72. The van der Waals surface area contributed by atoms with Crippen LogP contribution in [-0.4, -0.2) is 47.1 Å². The average Bonchev–Trinajstić information content (AvgIpc) is 2.86. The maximum atomic E-state index is 12.6. The van der Waals surface area contributed by atoms with Gasteiger partial charge in [0.2, 0.25) is 0 Å². The highest BCUT2D eigenvalue weighted by molar-refractivity contribution is 5.99. The Morgan fingerprint density at radius 2 is 2.29 bits per heavy atom. The first kappa shape index (κ1) is 15.2. The first-order valence-electron chi connectivity index (χ1n) is 6.87. The van der Waals surface area contributed by atoms with Crippen molar-refractivity contribution in [3.63, 3.8) is 0 Å². The van der Waals surface area contributed by atoms with Crippen molar-refractivity contribution >= 4 is 17.3 Å². The maximum Gasteiger partial charge on any atom is 0.282 e. The van der Waals surface area contributed by atoms with Crippen LogP contribution >= 0.6 is 0 Å². The average molecular weight is 293 g/mol. The molecule has 2 N–H and O–H groups in total. The minimum Gasteiger partial charge on any atom is -0.394 e. The SMILES string of the molecule is CNc1ccc([N+](=O)[O-])c(C(=O)N2CCC(C)C2CO)c1. The van der Waals surface area contributed by atoms with Crippen LogP contribution in [0.15, 0.2) is 18.2 Å². The number of likely N-dealkylation sites (tertiary alicyclic amines) is 1. The lowest BCUT2D eigenvalue weighted by Gasteiger charge is -2.25. The molecule has 0 saturated carbocycles. The largest absolute Gasteiger partial charge is 0.394 e. The molecule has 1 fully saturated rings. The summed E-state index contributed by atoms with van der Waals surface area (Å²) in [5.74, 6) is -0.215. The number of nitrogens with zero attached hydrogens (tertiary/aromatic N) is 2. The van der Waals surface area contributed by atoms with Gasteiger partial charge in [0.05, 0.1) is 17.6 Å². The zero-order chi connectivity index (χ0) is 15.6. The second-order valence-electron chi connectivity index (χ2n) is 5.25. The van der Waals surface area contributed by atoms with Crippen LogP contribution in [0, 0.1) is 16.0 Å². The molecule has 1 heterocycles. The van der Waals surface area contributed by atoms with Crippen molar-refractivity contribution in [2.45, 2.75) is 19.4 Å². The number of carbonyl (C=O) groups excluding carboxylic acids is 1. The van der Waals surface area contributed by atoms with Crippen molar-refractivity contribution in [3.05, 3.63) is 33.9 Å². The second-order valence-corrected chi connectivity index (χ2v) is 5.25. The molecule has 1 aliphatic heterocycles. The van der Waals surface area contributed by atoms with E-state index in [0.29, 0.717) is 12.2 Å². The molecule has 1 aromatic carbocycles. The third kappa shape index (κ3) is 2.82. The summed E-state index contributed by atoms with van der Waals surface area (Å²) in [7, 11) is 1.68. The van der Waals surface area contributed by atoms with Crippen LogP contribution in [0.4, 0.5) is 11.4 Å². The van der Waals surface area contributed by atoms with Crippen molar-refractivity contribution in [1.82, 2.24) is 4.90 Å². The molecule has 1 aliphatic rings. The molecule has 114 valence electrons. The zero-order valence-electron chi connectivity index (χ0n) is 12.1. The second kappa shape index (κ2) is 6.09. The van der Waals surface area contributed by atoms with Gasteiger partial charge in [0, 0.05) is 25.3 Å². The molecule has 1 saturated heterocycles. The number of amides is 1. The molecule has 7 nitrogen and oxygen atoms in total. The van der Waals surface area contributed by atoms with Crippen LogP contribution in [0.3, 0.4) is 0 Å². The van der Waals surface area contributed by atoms with Gasteiger partial charge in [0.1, 0.15) is 5.56 Å². The molecular weight excluding hydrogens is 274 g/mol. The maximum absolute atomic E-state index is 12.6. The van der Waals surface area contributed by atoms with E-state index in [4.69, 9.17) is 0 Å². The van der Waals surface area contributed by atoms with Crippen LogP contribution in [0.5, 0.6) is 0 Å². The molecule has 0 radical (unpaired) electrons. The number of anilines is 1. The lowest BCUT2D eigenvalue weighted by Crippen LogP contribution is -2.40. The van der Waals surface area contributed by atoms with Crippen LogP contribution in [-0.2, 0) is 0 Å². The smallest absolute Gasteiger partial charge is 0.282 e. The third-order valence-electron chi connectivity index (χ3n) is 4.04. The molecule has 0 aromatic heterocycles. The Hall–Kier alpha value is -2.15. The summed E-state index contributed by atoms with van der Waals surface area (Å²) in [5.41, 5.74) is 0.478. The van der Waals surface area contributed by atoms with Gasteiger partial charge >= 0.3 is 0 Å². The summed E-state index contributed by atoms with van der Waals surface area (Å²) in [6, 6.07) is 4.09. The first-order valence-corrected chi connectivity index (χ1v) is 6.87. The normalized spacial score (nSPS) is 21.4. The number of nitrogens with one attached hydrogen (secondary N) is 1. The molecule has 21 heavy (non-hydrogen) atoms. The number of aliphatic hydroxyl groups is 1. The Morgan fingerprint density at radius 3 is 2.86 bits per heavy atom. The van der Waals surface area contributed by atoms with Crippen molar-refractivity contribution in [1.29, 1.82) is 0 Å². The molecule has 0 aliphatic carbocycles. The Morgan fingerprint density at radius 1 is 1.57 bits per heavy atom. The molecule has 7 heteroatoms. The van der Waals surface area contributed by atoms with E-state index in [9.17, 15) is 20.0 Å². The molecule has 2 atom stereocenters. The summed E-state index contributed by atoms with van der Waals surface area (Å²) >= 11 is 0. The van der Waals surface area contributed by atoms with Gasteiger partial charge in [0.25, 0.3) is 11.6 Å². The molecule has 0 spiro atoms. The standard InChI is InChI=1S/C14H19N3O4/c1-9-5-6-16(13(9)8-18)14(19)11-7-10(15-2)3-4-12(11)17(20)21/h3-4,7,9,13,15,18H,5-6,8H2,1-2H3. The summed E-state index contributed by atoms with van der Waals surface area (Å²) in [6.45, 7) is 2.34. The molecular formula is C14H19N3O4. The summed E-state index contributed by atoms with van der Waals surface area (Å²) in [4.78, 5) is 24.7. The van der Waals surface area contributed by atoms with Gasteiger partial charge in [-0.1, -0.05) is 6.92 Å². The van der Waals surface area contributed by atoms with Crippen LogP contribution < -0.4 is 5.32 Å². The number of carbonyl (C=O) groups is 1. The Balaban J connectivity index is 2.40. The van der Waals surface area contributed by atoms with Gasteiger partial charge in [-0.25, -0.2) is 0 Å². The fourth-order valence-electron chi connectivity index (χ4n) is 2.72. The molecule has 1 amide bonds. The number of rotatable bonds is 4. The van der Waals surface area contributed by atoms with E-state index in [2.05, 4.69) is 5.32 Å². The monoisotopic (exact) mass is 293 g/mol. The van der Waals surface area contributed by atoms with E-state index in [1.165, 1.54) is 17.0 Å². The first-order chi connectivity index (χ1) is 9.99. The highest BCUT2D eigenvalue weighted by Gasteiger charge is 2.36. The number of hydrogen-bond acceptors (Lipinski definition) is 5. The number of nitro groups is 1. The van der Waals surface area contributed by atoms with Crippen molar-refractivity contribution in [3.8, 4) is 0 Å². The van der Waals surface area contributed by atoms with Crippen LogP contribution in [0.25, 0.3) is 0 Å². The van der Waals surface area contributed by atoms with E-state index >= 15 is 0 Å². The summed E-state index contributed by atoms with van der Waals surface area (Å²) in [6.07, 6.45) is 0.788. The Bertz CT molecular complexity index is 561. The Kier molecular flexibility index (Phi) is 4.42. The lowest BCUT2D eigenvalue weighted by atomic mass is 10.0. The van der Waals surface area contributed by atoms with Crippen molar-refractivity contribution in [2.75, 3.05) is 25.5 Å². The van der Waals surface area contributed by atoms with Gasteiger partial charge in [-0.15, -0.1) is 0 Å². The summed E-state index contributed by atoms with van der Waals surface area (Å²) < 4.78 is 0. The molecule has 1 aromatic rings. The van der Waals surface area contributed by atoms with Gasteiger partial charge in [0.15, 0.2) is 0 Å². The fraction of sp³-hybridized carbons (Fsp3) is 0.500. The van der Waals surface area contributed by atoms with Crippen LogP contribution in [0.1, 0.15) is 23.7 Å². The van der Waals surface area contributed by atoms with E-state index in [-0.39, 0.29) is 29.8 Å². The number of benzene rings is 1. The van der Waals surface area contributed by atoms with Crippen molar-refractivity contribution in [2.24, 2.45) is 5.92 Å². The van der Waals surface area contributed by atoms with E-state index in [1.807, 2.05) is 6.92 Å². The van der Waals surface area contributed by atoms with E-state index in [1.54, 1.807) is 13.1 Å². The van der Waals surface area contributed by atoms with Gasteiger partial charge in [-0.2, -0.15) is 0 Å². The highest BCUT2D eigenvalue weighted by Crippen LogP contribution is 2.29. The highest BCUT2D eigenvalue weighted by atomic mass is 16.6. The zero-order valence-corrected chi connectivity index (χ0v) is 12.1. The van der Waals surface area contributed by atoms with E-state index in [0.717, 1.165) is 6.42 Å². The number of nitro benzene ring substituents is 1. The predicted octanol–water partition coefficient (Wildman–Crippen LogP) is 1.48. The number of aliphatic hydroxyl groups excluding tert-OH is 1. The van der Waals surface area contributed by atoms with Crippen molar-refractivity contribution < 1.29 is 14.8 Å². The summed E-state index contributed by atoms with van der Waals surface area (Å²) in [5, 5.41) is 23.4. The van der Waals surface area contributed by atoms with Crippen LogP contribution in [0.2, 0.25) is 0 Å². The minimum absolute atomic E-state index is 0.0550. The Labute approximate surface area is 122 Å². The predicted molar refractivity (Wildman–Crippen MR) is 78.3 cm³/mol. The van der Waals surface area contributed by atoms with Gasteiger partial charge < -0.3 is 15.3 Å².